The molecule has 1 aromatic carbocycles. The fourth-order valence-corrected chi connectivity index (χ4v) is 2.72. The van der Waals surface area contributed by atoms with Crippen LogP contribution in [0, 0.1) is 0 Å². The predicted octanol–water partition coefficient (Wildman–Crippen LogP) is 3.17. The third-order valence-corrected chi connectivity index (χ3v) is 4.01. The van der Waals surface area contributed by atoms with Gasteiger partial charge < -0.3 is 10.2 Å². The standard InChI is InChI=1S/C18H19F3N6O/c1-26(2)11-14(12-6-4-3-5-7-12)22-17(28)23-16-25-24-15-9-8-13(10-27(15)16)18(19,20)21/h3-10,14H,11H2,1-2H3,(H2,22,23,25,28). The number of urea groups is 1. The molecule has 3 aromatic rings. The Morgan fingerprint density at radius 2 is 1.86 bits per heavy atom. The van der Waals surface area contributed by atoms with Gasteiger partial charge in [0.05, 0.1) is 11.6 Å². The molecular weight excluding hydrogens is 373 g/mol. The number of fused-ring (bicyclic) bond motifs is 1. The molecule has 1 unspecified atom stereocenters. The van der Waals surface area contributed by atoms with Crippen molar-refractivity contribution in [1.29, 1.82) is 0 Å². The van der Waals surface area contributed by atoms with Crippen LogP contribution in [0.2, 0.25) is 0 Å². The minimum Gasteiger partial charge on any atom is -0.330 e. The zero-order chi connectivity index (χ0) is 20.3. The van der Waals surface area contributed by atoms with Crippen LogP contribution in [0.25, 0.3) is 5.65 Å². The van der Waals surface area contributed by atoms with Crippen LogP contribution in [0.5, 0.6) is 0 Å². The van der Waals surface area contributed by atoms with Gasteiger partial charge in [0.2, 0.25) is 5.95 Å². The number of likely N-dealkylation sites (N-methyl/N-ethyl adjacent to an activating group) is 1. The lowest BCUT2D eigenvalue weighted by Gasteiger charge is -2.22. The van der Waals surface area contributed by atoms with Gasteiger partial charge in [0.25, 0.3) is 0 Å². The van der Waals surface area contributed by atoms with Crippen molar-refractivity contribution in [3.05, 3.63) is 59.8 Å². The van der Waals surface area contributed by atoms with Crippen LogP contribution in [0.3, 0.4) is 0 Å². The number of carbonyl (C=O) groups is 1. The fraction of sp³-hybridized carbons (Fsp3) is 0.278. The zero-order valence-electron chi connectivity index (χ0n) is 15.2. The van der Waals surface area contributed by atoms with Gasteiger partial charge in [-0.2, -0.15) is 13.2 Å². The summed E-state index contributed by atoms with van der Waals surface area (Å²) in [7, 11) is 3.75. The molecule has 2 heterocycles. The summed E-state index contributed by atoms with van der Waals surface area (Å²) in [6.07, 6.45) is -3.67. The molecule has 148 valence electrons. The van der Waals surface area contributed by atoms with Crippen LogP contribution in [0.1, 0.15) is 17.2 Å². The maximum absolute atomic E-state index is 12.9. The number of anilines is 1. The molecular formula is C18H19F3N6O. The number of alkyl halides is 3. The summed E-state index contributed by atoms with van der Waals surface area (Å²) in [6.45, 7) is 0.538. The van der Waals surface area contributed by atoms with Gasteiger partial charge in [0.15, 0.2) is 5.65 Å². The summed E-state index contributed by atoms with van der Waals surface area (Å²) in [4.78, 5) is 14.4. The molecule has 0 aliphatic carbocycles. The molecule has 7 nitrogen and oxygen atoms in total. The van der Waals surface area contributed by atoms with E-state index in [9.17, 15) is 18.0 Å². The first-order chi connectivity index (χ1) is 13.2. The van der Waals surface area contributed by atoms with E-state index >= 15 is 0 Å². The Kier molecular flexibility index (Phi) is 5.50. The minimum absolute atomic E-state index is 0.102. The topological polar surface area (TPSA) is 74.6 Å². The Morgan fingerprint density at radius 1 is 1.14 bits per heavy atom. The number of hydrogen-bond donors (Lipinski definition) is 2. The van der Waals surface area contributed by atoms with Crippen LogP contribution in [-0.2, 0) is 6.18 Å². The van der Waals surface area contributed by atoms with Crippen LogP contribution >= 0.6 is 0 Å². The quantitative estimate of drug-likeness (QED) is 0.700. The number of amides is 2. The van der Waals surface area contributed by atoms with E-state index in [2.05, 4.69) is 20.8 Å². The summed E-state index contributed by atoms with van der Waals surface area (Å²) >= 11 is 0. The molecule has 10 heteroatoms. The van der Waals surface area contributed by atoms with Gasteiger partial charge in [-0.15, -0.1) is 10.2 Å². The van der Waals surface area contributed by atoms with Gasteiger partial charge in [0.1, 0.15) is 0 Å². The molecule has 3 rings (SSSR count). The van der Waals surface area contributed by atoms with E-state index in [4.69, 9.17) is 0 Å². The lowest BCUT2D eigenvalue weighted by atomic mass is 10.1. The highest BCUT2D eigenvalue weighted by molar-refractivity contribution is 5.88. The number of carbonyl (C=O) groups excluding carboxylic acids is 1. The molecule has 0 saturated carbocycles. The number of halogens is 3. The average Bonchev–Trinajstić information content (AvgIpc) is 3.03. The van der Waals surface area contributed by atoms with E-state index < -0.39 is 17.8 Å². The highest BCUT2D eigenvalue weighted by Gasteiger charge is 2.31. The SMILES string of the molecule is CN(C)CC(NC(=O)Nc1nnc2ccc(C(F)(F)F)cn12)c1ccccc1. The highest BCUT2D eigenvalue weighted by Crippen LogP contribution is 2.29. The second-order valence-corrected chi connectivity index (χ2v) is 6.49. The molecule has 2 aromatic heterocycles. The summed E-state index contributed by atoms with van der Waals surface area (Å²) < 4.78 is 39.9. The van der Waals surface area contributed by atoms with Gasteiger partial charge in [0, 0.05) is 12.7 Å². The van der Waals surface area contributed by atoms with Crippen molar-refractivity contribution in [2.75, 3.05) is 26.0 Å². The number of hydrogen-bond acceptors (Lipinski definition) is 4. The molecule has 1 atom stereocenters. The summed E-state index contributed by atoms with van der Waals surface area (Å²) in [5, 5.41) is 12.8. The molecule has 2 amide bonds. The largest absolute Gasteiger partial charge is 0.417 e. The Morgan fingerprint density at radius 3 is 2.50 bits per heavy atom. The first-order valence-corrected chi connectivity index (χ1v) is 8.43. The van der Waals surface area contributed by atoms with Crippen molar-refractivity contribution >= 4 is 17.6 Å². The normalized spacial score (nSPS) is 12.9. The first kappa shape index (κ1) is 19.6. The number of rotatable bonds is 5. The van der Waals surface area contributed by atoms with Crippen molar-refractivity contribution < 1.29 is 18.0 Å². The summed E-state index contributed by atoms with van der Waals surface area (Å²) in [5.41, 5.74) is 0.228. The second-order valence-electron chi connectivity index (χ2n) is 6.49. The Bertz CT molecular complexity index is 955. The van der Waals surface area contributed by atoms with Gasteiger partial charge in [-0.25, -0.2) is 4.79 Å². The van der Waals surface area contributed by atoms with Crippen LogP contribution in [0.4, 0.5) is 23.9 Å². The Labute approximate surface area is 159 Å². The van der Waals surface area contributed by atoms with Gasteiger partial charge >= 0.3 is 12.2 Å². The number of aromatic nitrogens is 3. The van der Waals surface area contributed by atoms with Gasteiger partial charge in [-0.3, -0.25) is 9.72 Å². The summed E-state index contributed by atoms with van der Waals surface area (Å²) in [6, 6.07) is 10.6. The van der Waals surface area contributed by atoms with Crippen LogP contribution in [0.15, 0.2) is 48.7 Å². The van der Waals surface area contributed by atoms with Crippen molar-refractivity contribution in [2.24, 2.45) is 0 Å². The van der Waals surface area contributed by atoms with Gasteiger partial charge in [-0.05, 0) is 31.8 Å². The molecule has 0 saturated heterocycles. The van der Waals surface area contributed by atoms with Crippen molar-refractivity contribution in [3.63, 3.8) is 0 Å². The smallest absolute Gasteiger partial charge is 0.330 e. The van der Waals surface area contributed by atoms with E-state index in [0.29, 0.717) is 6.54 Å². The fourth-order valence-electron chi connectivity index (χ4n) is 2.72. The number of benzene rings is 1. The number of pyridine rings is 1. The average molecular weight is 392 g/mol. The highest BCUT2D eigenvalue weighted by atomic mass is 19.4. The molecule has 0 radical (unpaired) electrons. The third-order valence-electron chi connectivity index (χ3n) is 4.01. The van der Waals surface area contributed by atoms with Crippen molar-refractivity contribution in [2.45, 2.75) is 12.2 Å². The zero-order valence-corrected chi connectivity index (χ0v) is 15.2. The molecule has 0 spiro atoms. The molecule has 0 aliphatic rings. The first-order valence-electron chi connectivity index (χ1n) is 8.43. The molecule has 28 heavy (non-hydrogen) atoms. The van der Waals surface area contributed by atoms with E-state index in [1.807, 2.05) is 49.3 Å². The van der Waals surface area contributed by atoms with Crippen molar-refractivity contribution in [3.8, 4) is 0 Å². The Balaban J connectivity index is 1.80. The number of nitrogens with zero attached hydrogens (tertiary/aromatic N) is 4. The van der Waals surface area contributed by atoms with E-state index in [1.54, 1.807) is 0 Å². The summed E-state index contributed by atoms with van der Waals surface area (Å²) in [5.74, 6) is -0.102. The molecule has 0 bridgehead atoms. The number of nitrogens with one attached hydrogen (secondary N) is 2. The van der Waals surface area contributed by atoms with E-state index in [1.165, 1.54) is 6.07 Å². The van der Waals surface area contributed by atoms with E-state index in [-0.39, 0.29) is 17.6 Å². The third kappa shape index (κ3) is 4.58. The Hall–Kier alpha value is -3.14. The van der Waals surface area contributed by atoms with Crippen molar-refractivity contribution in [1.82, 2.24) is 24.8 Å². The lowest BCUT2D eigenvalue weighted by Crippen LogP contribution is -2.38. The molecule has 0 fully saturated rings. The van der Waals surface area contributed by atoms with E-state index in [0.717, 1.165) is 22.2 Å². The minimum atomic E-state index is -4.51. The molecule has 0 aliphatic heterocycles. The molecule has 2 N–H and O–H groups in total. The van der Waals surface area contributed by atoms with Crippen LogP contribution < -0.4 is 10.6 Å². The monoisotopic (exact) mass is 392 g/mol. The maximum atomic E-state index is 12.9. The van der Waals surface area contributed by atoms with Gasteiger partial charge in [-0.1, -0.05) is 30.3 Å². The predicted molar refractivity (Wildman–Crippen MR) is 97.9 cm³/mol. The lowest BCUT2D eigenvalue weighted by molar-refractivity contribution is -0.137. The van der Waals surface area contributed by atoms with Crippen LogP contribution in [-0.4, -0.2) is 46.2 Å². The maximum Gasteiger partial charge on any atom is 0.417 e. The second kappa shape index (κ2) is 7.85.